The molecule has 2 amide bonds. The molecule has 0 spiro atoms. The highest BCUT2D eigenvalue weighted by molar-refractivity contribution is 7.10. The standard InChI is InChI=1S/C25H31ClN2O2S/c1-3-17(2)28(25(30)19-6-4-5-7-19)16-23(29)27-14-12-22-21(13-15-31-22)24(27)18-8-10-20(26)11-9-18/h8-11,13,15,17,19,24H,3-7,12,14,16H2,1-2H3. The van der Waals surface area contributed by atoms with Crippen molar-refractivity contribution in [2.24, 2.45) is 5.92 Å². The number of hydrogen-bond donors (Lipinski definition) is 0. The van der Waals surface area contributed by atoms with Crippen LogP contribution in [-0.2, 0) is 16.0 Å². The molecule has 31 heavy (non-hydrogen) atoms. The Bertz CT molecular complexity index is 920. The lowest BCUT2D eigenvalue weighted by Crippen LogP contribution is -2.50. The molecular weight excluding hydrogens is 428 g/mol. The summed E-state index contributed by atoms with van der Waals surface area (Å²) in [4.78, 5) is 32.0. The van der Waals surface area contributed by atoms with E-state index >= 15 is 0 Å². The van der Waals surface area contributed by atoms with Gasteiger partial charge in [-0.05, 0) is 67.3 Å². The van der Waals surface area contributed by atoms with Crippen LogP contribution in [0.1, 0.15) is 68.0 Å². The number of rotatable bonds is 6. The maximum absolute atomic E-state index is 13.6. The molecule has 6 heteroatoms. The van der Waals surface area contributed by atoms with Crippen LogP contribution in [0.15, 0.2) is 35.7 Å². The summed E-state index contributed by atoms with van der Waals surface area (Å²) in [6, 6.07) is 9.86. The van der Waals surface area contributed by atoms with Gasteiger partial charge in [-0.25, -0.2) is 0 Å². The number of amides is 2. The largest absolute Gasteiger partial charge is 0.330 e. The molecule has 2 heterocycles. The third-order valence-corrected chi connectivity index (χ3v) is 8.14. The zero-order valence-electron chi connectivity index (χ0n) is 18.4. The molecule has 2 unspecified atom stereocenters. The number of benzene rings is 1. The quantitative estimate of drug-likeness (QED) is 0.557. The van der Waals surface area contributed by atoms with Crippen LogP contribution in [0.25, 0.3) is 0 Å². The van der Waals surface area contributed by atoms with Gasteiger partial charge in [-0.1, -0.05) is 43.5 Å². The van der Waals surface area contributed by atoms with Crippen molar-refractivity contribution in [1.29, 1.82) is 0 Å². The molecule has 1 fully saturated rings. The molecule has 4 rings (SSSR count). The molecule has 4 nitrogen and oxygen atoms in total. The third-order valence-electron chi connectivity index (χ3n) is 6.89. The summed E-state index contributed by atoms with van der Waals surface area (Å²) in [6.07, 6.45) is 5.85. The molecule has 2 aliphatic rings. The first-order valence-electron chi connectivity index (χ1n) is 11.4. The van der Waals surface area contributed by atoms with Gasteiger partial charge in [-0.2, -0.15) is 0 Å². The van der Waals surface area contributed by atoms with Crippen LogP contribution in [0.5, 0.6) is 0 Å². The summed E-state index contributed by atoms with van der Waals surface area (Å²) in [5.41, 5.74) is 2.26. The molecule has 1 aliphatic carbocycles. The lowest BCUT2D eigenvalue weighted by molar-refractivity contribution is -0.145. The maximum Gasteiger partial charge on any atom is 0.243 e. The van der Waals surface area contributed by atoms with Crippen molar-refractivity contribution in [3.8, 4) is 0 Å². The fraction of sp³-hybridized carbons (Fsp3) is 0.520. The van der Waals surface area contributed by atoms with Crippen LogP contribution in [-0.4, -0.2) is 40.7 Å². The molecular formula is C25H31ClN2O2S. The third kappa shape index (κ3) is 4.68. The zero-order chi connectivity index (χ0) is 22.0. The topological polar surface area (TPSA) is 40.6 Å². The molecule has 1 aromatic carbocycles. The van der Waals surface area contributed by atoms with Gasteiger partial charge in [0, 0.05) is 28.4 Å². The molecule has 0 radical (unpaired) electrons. The Morgan fingerprint density at radius 2 is 1.90 bits per heavy atom. The molecule has 1 saturated carbocycles. The first kappa shape index (κ1) is 22.3. The van der Waals surface area contributed by atoms with Crippen molar-refractivity contribution in [3.63, 3.8) is 0 Å². The lowest BCUT2D eigenvalue weighted by atomic mass is 9.93. The van der Waals surface area contributed by atoms with E-state index < -0.39 is 0 Å². The highest BCUT2D eigenvalue weighted by Crippen LogP contribution is 2.38. The summed E-state index contributed by atoms with van der Waals surface area (Å²) < 4.78 is 0. The first-order chi connectivity index (χ1) is 15.0. The molecule has 1 aromatic heterocycles. The van der Waals surface area contributed by atoms with Crippen molar-refractivity contribution in [2.45, 2.75) is 64.5 Å². The van der Waals surface area contributed by atoms with E-state index in [0.717, 1.165) is 44.1 Å². The van der Waals surface area contributed by atoms with Gasteiger partial charge in [0.1, 0.15) is 6.54 Å². The second-order valence-corrected chi connectivity index (χ2v) is 10.2. The van der Waals surface area contributed by atoms with E-state index in [4.69, 9.17) is 11.6 Å². The van der Waals surface area contributed by atoms with E-state index in [2.05, 4.69) is 25.3 Å². The average Bonchev–Trinajstić information content (AvgIpc) is 3.48. The van der Waals surface area contributed by atoms with Crippen LogP contribution in [0.2, 0.25) is 5.02 Å². The van der Waals surface area contributed by atoms with Crippen molar-refractivity contribution in [1.82, 2.24) is 9.80 Å². The van der Waals surface area contributed by atoms with Gasteiger partial charge in [0.2, 0.25) is 11.8 Å². The molecule has 0 saturated heterocycles. The SMILES string of the molecule is CCC(C)N(CC(=O)N1CCc2sccc2C1c1ccc(Cl)cc1)C(=O)C1CCCC1. The van der Waals surface area contributed by atoms with Crippen molar-refractivity contribution in [3.05, 3.63) is 56.7 Å². The van der Waals surface area contributed by atoms with E-state index in [1.54, 1.807) is 11.3 Å². The molecule has 0 bridgehead atoms. The highest BCUT2D eigenvalue weighted by Gasteiger charge is 2.36. The Balaban J connectivity index is 1.60. The average molecular weight is 459 g/mol. The van der Waals surface area contributed by atoms with Crippen LogP contribution in [0.4, 0.5) is 0 Å². The Kier molecular flexibility index (Phi) is 7.02. The first-order valence-corrected chi connectivity index (χ1v) is 12.7. The van der Waals surface area contributed by atoms with Gasteiger partial charge in [-0.15, -0.1) is 11.3 Å². The van der Waals surface area contributed by atoms with Gasteiger partial charge in [0.25, 0.3) is 0 Å². The summed E-state index contributed by atoms with van der Waals surface area (Å²) in [7, 11) is 0. The van der Waals surface area contributed by atoms with E-state index in [9.17, 15) is 9.59 Å². The van der Waals surface area contributed by atoms with E-state index in [0.29, 0.717) is 11.6 Å². The fourth-order valence-electron chi connectivity index (χ4n) is 4.90. The van der Waals surface area contributed by atoms with Crippen LogP contribution >= 0.6 is 22.9 Å². The molecule has 2 aromatic rings. The van der Waals surface area contributed by atoms with Crippen LogP contribution in [0, 0.1) is 5.92 Å². The number of carbonyl (C=O) groups excluding carboxylic acids is 2. The highest BCUT2D eigenvalue weighted by atomic mass is 35.5. The summed E-state index contributed by atoms with van der Waals surface area (Å²) in [5, 5.41) is 2.80. The van der Waals surface area contributed by atoms with Crippen molar-refractivity contribution >= 4 is 34.8 Å². The molecule has 0 N–H and O–H groups in total. The normalized spacial score (nSPS) is 19.8. The second-order valence-electron chi connectivity index (χ2n) is 8.80. The number of nitrogens with zero attached hydrogens (tertiary/aromatic N) is 2. The van der Waals surface area contributed by atoms with Crippen molar-refractivity contribution in [2.75, 3.05) is 13.1 Å². The Hall–Kier alpha value is -1.85. The summed E-state index contributed by atoms with van der Waals surface area (Å²) in [6.45, 7) is 4.97. The summed E-state index contributed by atoms with van der Waals surface area (Å²) >= 11 is 7.88. The predicted octanol–water partition coefficient (Wildman–Crippen LogP) is 5.69. The smallest absolute Gasteiger partial charge is 0.243 e. The van der Waals surface area contributed by atoms with E-state index in [1.807, 2.05) is 34.1 Å². The fourth-order valence-corrected chi connectivity index (χ4v) is 5.93. The van der Waals surface area contributed by atoms with Crippen LogP contribution < -0.4 is 0 Å². The number of halogens is 1. The summed E-state index contributed by atoms with van der Waals surface area (Å²) in [5.74, 6) is 0.276. The minimum atomic E-state index is -0.125. The van der Waals surface area contributed by atoms with Gasteiger partial charge in [0.15, 0.2) is 0 Å². The number of carbonyl (C=O) groups is 2. The van der Waals surface area contributed by atoms with E-state index in [1.165, 1.54) is 10.4 Å². The minimum Gasteiger partial charge on any atom is -0.330 e. The maximum atomic E-state index is 13.6. The van der Waals surface area contributed by atoms with E-state index in [-0.39, 0.29) is 36.4 Å². The Morgan fingerprint density at radius 3 is 2.58 bits per heavy atom. The second kappa shape index (κ2) is 9.74. The van der Waals surface area contributed by atoms with Crippen LogP contribution in [0.3, 0.4) is 0 Å². The van der Waals surface area contributed by atoms with Gasteiger partial charge < -0.3 is 9.80 Å². The van der Waals surface area contributed by atoms with Gasteiger partial charge in [-0.3, -0.25) is 9.59 Å². The number of hydrogen-bond acceptors (Lipinski definition) is 3. The molecule has 2 atom stereocenters. The molecule has 166 valence electrons. The predicted molar refractivity (Wildman–Crippen MR) is 126 cm³/mol. The van der Waals surface area contributed by atoms with Gasteiger partial charge in [0.05, 0.1) is 6.04 Å². The minimum absolute atomic E-state index is 0.0310. The Labute approximate surface area is 194 Å². The van der Waals surface area contributed by atoms with Gasteiger partial charge >= 0.3 is 0 Å². The van der Waals surface area contributed by atoms with Crippen molar-refractivity contribution < 1.29 is 9.59 Å². The molecule has 1 aliphatic heterocycles. The number of thiophene rings is 1. The monoisotopic (exact) mass is 458 g/mol. The zero-order valence-corrected chi connectivity index (χ0v) is 19.9. The number of fused-ring (bicyclic) bond motifs is 1. The lowest BCUT2D eigenvalue weighted by Gasteiger charge is -2.39. The Morgan fingerprint density at radius 1 is 1.19 bits per heavy atom.